The summed E-state index contributed by atoms with van der Waals surface area (Å²) >= 11 is 0. The van der Waals surface area contributed by atoms with Crippen LogP contribution in [0.4, 0.5) is 0 Å². The molecule has 2 heterocycles. The number of methoxy groups -OCH3 is 1. The van der Waals surface area contributed by atoms with E-state index in [9.17, 15) is 0 Å². The van der Waals surface area contributed by atoms with Gasteiger partial charge in [0, 0.05) is 36.5 Å². The first-order valence-electron chi connectivity index (χ1n) is 7.24. The summed E-state index contributed by atoms with van der Waals surface area (Å²) in [6.07, 6.45) is 4.61. The highest BCUT2D eigenvalue weighted by atomic mass is 16.5. The van der Waals surface area contributed by atoms with Gasteiger partial charge in [-0.1, -0.05) is 0 Å². The lowest BCUT2D eigenvalue weighted by Gasteiger charge is -2.29. The fraction of sp³-hybridized carbons (Fsp3) is 0.353. The van der Waals surface area contributed by atoms with E-state index in [-0.39, 0.29) is 12.1 Å². The van der Waals surface area contributed by atoms with Gasteiger partial charge in [0.25, 0.3) is 0 Å². The fourth-order valence-electron chi connectivity index (χ4n) is 2.72. The molecule has 1 aliphatic heterocycles. The van der Waals surface area contributed by atoms with Crippen LogP contribution >= 0.6 is 0 Å². The predicted octanol–water partition coefficient (Wildman–Crippen LogP) is 3.26. The van der Waals surface area contributed by atoms with Crippen LogP contribution in [0, 0.1) is 0 Å². The van der Waals surface area contributed by atoms with Crippen molar-refractivity contribution >= 4 is 0 Å². The summed E-state index contributed by atoms with van der Waals surface area (Å²) in [7, 11) is 1.69. The van der Waals surface area contributed by atoms with E-state index in [2.05, 4.69) is 23.3 Å². The quantitative estimate of drug-likeness (QED) is 0.936. The minimum atomic E-state index is 0.259. The first kappa shape index (κ1) is 13.9. The fourth-order valence-corrected chi connectivity index (χ4v) is 2.72. The van der Waals surface area contributed by atoms with Gasteiger partial charge in [-0.3, -0.25) is 4.98 Å². The lowest BCUT2D eigenvalue weighted by Crippen LogP contribution is -2.29. The van der Waals surface area contributed by atoms with Crippen LogP contribution in [-0.4, -0.2) is 18.7 Å². The highest BCUT2D eigenvalue weighted by Crippen LogP contribution is 2.36. The van der Waals surface area contributed by atoms with E-state index in [1.807, 2.05) is 36.7 Å². The van der Waals surface area contributed by atoms with Crippen molar-refractivity contribution in [1.82, 2.24) is 10.3 Å². The van der Waals surface area contributed by atoms with Gasteiger partial charge in [-0.2, -0.15) is 0 Å². The van der Waals surface area contributed by atoms with Crippen LogP contribution in [-0.2, 0) is 0 Å². The molecule has 110 valence electrons. The lowest BCUT2D eigenvalue weighted by molar-refractivity contribution is 0.245. The van der Waals surface area contributed by atoms with Crippen molar-refractivity contribution in [2.45, 2.75) is 25.4 Å². The second-order valence-electron chi connectivity index (χ2n) is 5.26. The van der Waals surface area contributed by atoms with Crippen molar-refractivity contribution in [2.75, 3.05) is 13.7 Å². The highest BCUT2D eigenvalue weighted by molar-refractivity contribution is 5.43. The normalized spacial score (nSPS) is 18.5. The summed E-state index contributed by atoms with van der Waals surface area (Å²) in [5, 5.41) is 3.68. The van der Waals surface area contributed by atoms with Crippen LogP contribution in [0.3, 0.4) is 0 Å². The Morgan fingerprint density at radius 1 is 1.29 bits per heavy atom. The first-order valence-corrected chi connectivity index (χ1v) is 7.24. The minimum Gasteiger partial charge on any atom is -0.497 e. The molecule has 4 heteroatoms. The molecule has 0 amide bonds. The lowest BCUT2D eigenvalue weighted by atomic mass is 9.98. The van der Waals surface area contributed by atoms with Crippen molar-refractivity contribution in [3.05, 3.63) is 53.9 Å². The summed E-state index contributed by atoms with van der Waals surface area (Å²) in [5.74, 6) is 1.81. The van der Waals surface area contributed by atoms with Crippen LogP contribution in [0.25, 0.3) is 0 Å². The standard InChI is InChI=1S/C17H20N2O2/c1-12(13-5-8-18-9-6-13)19-16-7-10-21-17-4-3-14(20-2)11-15(16)17/h3-6,8-9,11-12,16,19H,7,10H2,1-2H3. The van der Waals surface area contributed by atoms with Crippen molar-refractivity contribution in [3.63, 3.8) is 0 Å². The molecule has 2 aromatic rings. The predicted molar refractivity (Wildman–Crippen MR) is 81.6 cm³/mol. The summed E-state index contributed by atoms with van der Waals surface area (Å²) in [5.41, 5.74) is 2.41. The topological polar surface area (TPSA) is 43.4 Å². The van der Waals surface area contributed by atoms with E-state index in [0.29, 0.717) is 0 Å². The largest absolute Gasteiger partial charge is 0.497 e. The molecule has 2 unspecified atom stereocenters. The van der Waals surface area contributed by atoms with Crippen LogP contribution in [0.5, 0.6) is 11.5 Å². The number of ether oxygens (including phenoxy) is 2. The smallest absolute Gasteiger partial charge is 0.124 e. The molecule has 2 atom stereocenters. The number of pyridine rings is 1. The molecule has 21 heavy (non-hydrogen) atoms. The molecule has 1 aromatic heterocycles. The van der Waals surface area contributed by atoms with Gasteiger partial charge in [-0.05, 0) is 42.8 Å². The molecule has 1 N–H and O–H groups in total. The molecule has 0 radical (unpaired) electrons. The van der Waals surface area contributed by atoms with Gasteiger partial charge in [0.2, 0.25) is 0 Å². The molecule has 0 bridgehead atoms. The Morgan fingerprint density at radius 2 is 2.10 bits per heavy atom. The summed E-state index contributed by atoms with van der Waals surface area (Å²) in [4.78, 5) is 4.07. The highest BCUT2D eigenvalue weighted by Gasteiger charge is 2.23. The van der Waals surface area contributed by atoms with Crippen molar-refractivity contribution in [3.8, 4) is 11.5 Å². The second-order valence-corrected chi connectivity index (χ2v) is 5.26. The van der Waals surface area contributed by atoms with Gasteiger partial charge in [-0.25, -0.2) is 0 Å². The zero-order valence-corrected chi connectivity index (χ0v) is 12.4. The maximum atomic E-state index is 5.73. The van der Waals surface area contributed by atoms with E-state index in [1.165, 1.54) is 11.1 Å². The average Bonchev–Trinajstić information content (AvgIpc) is 2.55. The molecule has 0 saturated carbocycles. The van der Waals surface area contributed by atoms with Gasteiger partial charge in [-0.15, -0.1) is 0 Å². The number of hydrogen-bond acceptors (Lipinski definition) is 4. The maximum absolute atomic E-state index is 5.73. The third-order valence-corrected chi connectivity index (χ3v) is 3.91. The molecule has 1 aliphatic rings. The second kappa shape index (κ2) is 6.14. The van der Waals surface area contributed by atoms with Crippen molar-refractivity contribution in [2.24, 2.45) is 0 Å². The van der Waals surface area contributed by atoms with Crippen LogP contribution in [0.15, 0.2) is 42.7 Å². The third-order valence-electron chi connectivity index (χ3n) is 3.91. The van der Waals surface area contributed by atoms with Gasteiger partial charge >= 0.3 is 0 Å². The number of nitrogens with zero attached hydrogens (tertiary/aromatic N) is 1. The van der Waals surface area contributed by atoms with Gasteiger partial charge < -0.3 is 14.8 Å². The third kappa shape index (κ3) is 3.00. The van der Waals surface area contributed by atoms with Crippen molar-refractivity contribution in [1.29, 1.82) is 0 Å². The van der Waals surface area contributed by atoms with Gasteiger partial charge in [0.15, 0.2) is 0 Å². The molecular weight excluding hydrogens is 264 g/mol. The molecular formula is C17H20N2O2. The molecule has 0 aliphatic carbocycles. The molecule has 1 aromatic carbocycles. The number of aromatic nitrogens is 1. The number of benzene rings is 1. The summed E-state index contributed by atoms with van der Waals surface area (Å²) in [6, 6.07) is 10.6. The van der Waals surface area contributed by atoms with E-state index in [1.54, 1.807) is 7.11 Å². The van der Waals surface area contributed by atoms with E-state index in [0.717, 1.165) is 24.5 Å². The van der Waals surface area contributed by atoms with Crippen LogP contribution in [0.2, 0.25) is 0 Å². The van der Waals surface area contributed by atoms with Crippen LogP contribution in [0.1, 0.15) is 36.6 Å². The average molecular weight is 284 g/mol. The zero-order chi connectivity index (χ0) is 14.7. The Labute approximate surface area is 125 Å². The number of rotatable bonds is 4. The molecule has 0 spiro atoms. The Bertz CT molecular complexity index is 601. The Morgan fingerprint density at radius 3 is 2.86 bits per heavy atom. The minimum absolute atomic E-state index is 0.259. The number of fused-ring (bicyclic) bond motifs is 1. The van der Waals surface area contributed by atoms with Crippen LogP contribution < -0.4 is 14.8 Å². The van der Waals surface area contributed by atoms with Gasteiger partial charge in [0.1, 0.15) is 11.5 Å². The Hall–Kier alpha value is -2.07. The molecule has 0 fully saturated rings. The van der Waals surface area contributed by atoms with E-state index in [4.69, 9.17) is 9.47 Å². The number of nitrogens with one attached hydrogen (secondary N) is 1. The molecule has 0 saturated heterocycles. The first-order chi connectivity index (χ1) is 10.3. The van der Waals surface area contributed by atoms with E-state index < -0.39 is 0 Å². The summed E-state index contributed by atoms with van der Waals surface area (Å²) in [6.45, 7) is 2.91. The molecule has 3 rings (SSSR count). The van der Waals surface area contributed by atoms with E-state index >= 15 is 0 Å². The van der Waals surface area contributed by atoms with Crippen molar-refractivity contribution < 1.29 is 9.47 Å². The van der Waals surface area contributed by atoms with Gasteiger partial charge in [0.05, 0.1) is 13.7 Å². The zero-order valence-electron chi connectivity index (χ0n) is 12.4. The Balaban J connectivity index is 1.81. The number of hydrogen-bond donors (Lipinski definition) is 1. The molecule has 4 nitrogen and oxygen atoms in total. The monoisotopic (exact) mass is 284 g/mol. The summed E-state index contributed by atoms with van der Waals surface area (Å²) < 4.78 is 11.1. The maximum Gasteiger partial charge on any atom is 0.124 e. The SMILES string of the molecule is COc1ccc2c(c1)C(NC(C)c1ccncc1)CCO2. The Kier molecular flexibility index (Phi) is 4.06.